The molecule has 1 rings (SSSR count). The zero-order valence-corrected chi connectivity index (χ0v) is 8.56. The first-order valence-corrected chi connectivity index (χ1v) is 4.63. The molecule has 1 nitrogen and oxygen atoms in total. The van der Waals surface area contributed by atoms with Crippen molar-refractivity contribution in [3.63, 3.8) is 0 Å². The molecule has 0 atom stereocenters. The van der Waals surface area contributed by atoms with Gasteiger partial charge in [0.15, 0.2) is 0 Å². The fourth-order valence-electron chi connectivity index (χ4n) is 1.43. The summed E-state index contributed by atoms with van der Waals surface area (Å²) in [6.45, 7) is 10.1. The highest BCUT2D eigenvalue weighted by Crippen LogP contribution is 2.26. The predicted molar refractivity (Wildman–Crippen MR) is 54.1 cm³/mol. The Kier molecular flexibility index (Phi) is 2.84. The summed E-state index contributed by atoms with van der Waals surface area (Å²) in [5, 5.41) is 0.648. The smallest absolute Gasteiger partial charge is 0.0973 e. The second-order valence-electron chi connectivity index (χ2n) is 4.10. The maximum atomic E-state index is 5.85. The summed E-state index contributed by atoms with van der Waals surface area (Å²) < 4.78 is 0. The van der Waals surface area contributed by atoms with E-state index in [1.165, 1.54) is 0 Å². The van der Waals surface area contributed by atoms with Crippen molar-refractivity contribution < 1.29 is 0 Å². The Bertz CT molecular complexity index is 206. The molecule has 0 spiro atoms. The van der Waals surface area contributed by atoms with Gasteiger partial charge in [-0.2, -0.15) is 0 Å². The molecular weight excluding hydrogens is 170 g/mol. The summed E-state index contributed by atoms with van der Waals surface area (Å²) in [7, 11) is 0. The largest absolute Gasteiger partial charge is 0.359 e. The zero-order valence-electron chi connectivity index (χ0n) is 7.81. The third-order valence-electron chi connectivity index (χ3n) is 2.12. The van der Waals surface area contributed by atoms with Crippen LogP contribution in [0.2, 0.25) is 0 Å². The second-order valence-corrected chi connectivity index (χ2v) is 4.53. The van der Waals surface area contributed by atoms with Crippen molar-refractivity contribution in [3.05, 3.63) is 23.9 Å². The molecule has 1 aliphatic heterocycles. The van der Waals surface area contributed by atoms with Gasteiger partial charge in [0, 0.05) is 13.1 Å². The van der Waals surface area contributed by atoms with Gasteiger partial charge in [-0.1, -0.05) is 44.2 Å². The van der Waals surface area contributed by atoms with Gasteiger partial charge in [-0.05, 0) is 11.8 Å². The third kappa shape index (κ3) is 2.56. The van der Waals surface area contributed by atoms with Crippen LogP contribution in [0.15, 0.2) is 23.9 Å². The lowest BCUT2D eigenvalue weighted by molar-refractivity contribution is 0.251. The monoisotopic (exact) mass is 185 g/mol. The first-order valence-electron chi connectivity index (χ1n) is 4.26. The van der Waals surface area contributed by atoms with Crippen molar-refractivity contribution >= 4 is 11.6 Å². The maximum absolute atomic E-state index is 5.85. The molecule has 2 heteroatoms. The van der Waals surface area contributed by atoms with Crippen molar-refractivity contribution in [1.82, 2.24) is 4.90 Å². The second kappa shape index (κ2) is 3.53. The Hall–Kier alpha value is -0.430. The van der Waals surface area contributed by atoms with Crippen LogP contribution in [0.3, 0.4) is 0 Å². The first-order chi connectivity index (χ1) is 5.51. The number of halogens is 1. The molecule has 0 aromatic rings. The Balaban J connectivity index is 2.68. The van der Waals surface area contributed by atoms with Crippen molar-refractivity contribution in [2.75, 3.05) is 13.1 Å². The highest BCUT2D eigenvalue weighted by atomic mass is 35.5. The van der Waals surface area contributed by atoms with E-state index in [1.807, 2.05) is 0 Å². The number of allylic oxidation sites excluding steroid dienone is 1. The van der Waals surface area contributed by atoms with Crippen molar-refractivity contribution in [3.8, 4) is 0 Å². The molecule has 0 aliphatic carbocycles. The zero-order chi connectivity index (χ0) is 9.19. The van der Waals surface area contributed by atoms with Gasteiger partial charge in [0.05, 0.1) is 5.16 Å². The van der Waals surface area contributed by atoms with E-state index >= 15 is 0 Å². The molecule has 0 N–H and O–H groups in total. The predicted octanol–water partition coefficient (Wildman–Crippen LogP) is 2.98. The number of rotatable bonds is 1. The fourth-order valence-corrected chi connectivity index (χ4v) is 1.56. The molecule has 1 aliphatic rings. The van der Waals surface area contributed by atoms with E-state index in [2.05, 4.69) is 37.5 Å². The lowest BCUT2D eigenvalue weighted by Crippen LogP contribution is -2.30. The van der Waals surface area contributed by atoms with Crippen LogP contribution in [0.4, 0.5) is 0 Å². The van der Waals surface area contributed by atoms with Gasteiger partial charge in [0.2, 0.25) is 0 Å². The topological polar surface area (TPSA) is 3.24 Å². The van der Waals surface area contributed by atoms with Crippen LogP contribution in [0.5, 0.6) is 0 Å². The van der Waals surface area contributed by atoms with Crippen LogP contribution in [0.1, 0.15) is 20.3 Å². The SMILES string of the molecule is C=C(Cl)N1CC=CCC(C)(C)C1. The fraction of sp³-hybridized carbons (Fsp3) is 0.600. The van der Waals surface area contributed by atoms with Gasteiger partial charge in [-0.25, -0.2) is 0 Å². The number of hydrogen-bond donors (Lipinski definition) is 0. The molecule has 0 unspecified atom stereocenters. The van der Waals surface area contributed by atoms with E-state index in [9.17, 15) is 0 Å². The van der Waals surface area contributed by atoms with E-state index in [4.69, 9.17) is 11.6 Å². The highest BCUT2D eigenvalue weighted by molar-refractivity contribution is 6.28. The summed E-state index contributed by atoms with van der Waals surface area (Å²) in [4.78, 5) is 2.10. The van der Waals surface area contributed by atoms with Gasteiger partial charge in [0.25, 0.3) is 0 Å². The van der Waals surface area contributed by atoms with E-state index in [-0.39, 0.29) is 0 Å². The summed E-state index contributed by atoms with van der Waals surface area (Å²) in [5.41, 5.74) is 0.310. The Labute approximate surface area is 79.7 Å². The summed E-state index contributed by atoms with van der Waals surface area (Å²) >= 11 is 5.85. The summed E-state index contributed by atoms with van der Waals surface area (Å²) in [6.07, 6.45) is 5.50. The lowest BCUT2D eigenvalue weighted by Gasteiger charge is -2.29. The molecule has 0 fully saturated rings. The number of nitrogens with zero attached hydrogens (tertiary/aromatic N) is 1. The molecule has 0 saturated carbocycles. The molecule has 0 saturated heterocycles. The Morgan fingerprint density at radius 3 is 2.75 bits per heavy atom. The maximum Gasteiger partial charge on any atom is 0.0973 e. The van der Waals surface area contributed by atoms with Crippen LogP contribution in [-0.2, 0) is 0 Å². The molecule has 0 radical (unpaired) electrons. The van der Waals surface area contributed by atoms with Gasteiger partial charge < -0.3 is 4.90 Å². The quantitative estimate of drug-likeness (QED) is 0.449. The minimum atomic E-state index is 0.310. The molecule has 68 valence electrons. The number of hydrogen-bond acceptors (Lipinski definition) is 1. The standard InChI is InChI=1S/C10H16ClN/c1-9(11)12-7-5-4-6-10(2,3)8-12/h4-5H,1,6-8H2,2-3H3. The van der Waals surface area contributed by atoms with E-state index in [0.717, 1.165) is 19.5 Å². The minimum absolute atomic E-state index is 0.310. The third-order valence-corrected chi connectivity index (χ3v) is 2.36. The Morgan fingerprint density at radius 2 is 2.17 bits per heavy atom. The van der Waals surface area contributed by atoms with Crippen LogP contribution >= 0.6 is 11.6 Å². The van der Waals surface area contributed by atoms with Crippen molar-refractivity contribution in [2.45, 2.75) is 20.3 Å². The molecule has 0 aromatic heterocycles. The van der Waals surface area contributed by atoms with Crippen LogP contribution in [-0.4, -0.2) is 18.0 Å². The van der Waals surface area contributed by atoms with E-state index in [0.29, 0.717) is 10.6 Å². The van der Waals surface area contributed by atoms with E-state index in [1.54, 1.807) is 0 Å². The van der Waals surface area contributed by atoms with Gasteiger partial charge in [-0.15, -0.1) is 0 Å². The molecular formula is C10H16ClN. The van der Waals surface area contributed by atoms with Gasteiger partial charge >= 0.3 is 0 Å². The minimum Gasteiger partial charge on any atom is -0.359 e. The summed E-state index contributed by atoms with van der Waals surface area (Å²) in [6, 6.07) is 0. The molecule has 0 bridgehead atoms. The normalized spacial score (nSPS) is 22.1. The average molecular weight is 186 g/mol. The van der Waals surface area contributed by atoms with Gasteiger partial charge in [-0.3, -0.25) is 0 Å². The molecule has 0 amide bonds. The van der Waals surface area contributed by atoms with Crippen LogP contribution in [0.25, 0.3) is 0 Å². The van der Waals surface area contributed by atoms with Crippen molar-refractivity contribution in [2.24, 2.45) is 5.41 Å². The lowest BCUT2D eigenvalue weighted by atomic mass is 9.89. The summed E-state index contributed by atoms with van der Waals surface area (Å²) in [5.74, 6) is 0. The van der Waals surface area contributed by atoms with E-state index < -0.39 is 0 Å². The molecule has 12 heavy (non-hydrogen) atoms. The molecule has 1 heterocycles. The average Bonchev–Trinajstić information content (AvgIpc) is 2.10. The van der Waals surface area contributed by atoms with Crippen LogP contribution < -0.4 is 0 Å². The Morgan fingerprint density at radius 1 is 1.50 bits per heavy atom. The first kappa shape index (κ1) is 9.66. The van der Waals surface area contributed by atoms with Crippen molar-refractivity contribution in [1.29, 1.82) is 0 Å². The van der Waals surface area contributed by atoms with Gasteiger partial charge in [0.1, 0.15) is 0 Å². The highest BCUT2D eigenvalue weighted by Gasteiger charge is 2.22. The van der Waals surface area contributed by atoms with Crippen LogP contribution in [0, 0.1) is 5.41 Å². The molecule has 0 aromatic carbocycles.